The Morgan fingerprint density at radius 1 is 1.06 bits per heavy atom. The monoisotopic (exact) mass is 330 g/mol. The molecular formula is C14H10BrClF2. The van der Waals surface area contributed by atoms with Gasteiger partial charge in [-0.15, -0.1) is 0 Å². The summed E-state index contributed by atoms with van der Waals surface area (Å²) in [5.74, 6) is -0.684. The summed E-state index contributed by atoms with van der Waals surface area (Å²) in [6.45, 7) is 0. The molecule has 2 rings (SSSR count). The molecule has 0 saturated carbocycles. The molecule has 0 bridgehead atoms. The van der Waals surface area contributed by atoms with Crippen molar-refractivity contribution in [3.8, 4) is 0 Å². The van der Waals surface area contributed by atoms with E-state index in [0.717, 1.165) is 11.1 Å². The number of rotatable bonds is 3. The summed E-state index contributed by atoms with van der Waals surface area (Å²) in [5, 5.41) is 0.107. The van der Waals surface area contributed by atoms with Crippen molar-refractivity contribution < 1.29 is 8.78 Å². The topological polar surface area (TPSA) is 0 Å². The fourth-order valence-corrected chi connectivity index (χ4v) is 2.50. The van der Waals surface area contributed by atoms with Crippen molar-refractivity contribution in [3.05, 3.63) is 70.2 Å². The van der Waals surface area contributed by atoms with Crippen molar-refractivity contribution in [3.63, 3.8) is 0 Å². The SMILES string of the molecule is Fc1ccc(CC(Br)c2ccc(F)c(Cl)c2)cc1. The molecule has 0 aliphatic carbocycles. The van der Waals surface area contributed by atoms with Gasteiger partial charge in [0, 0.05) is 4.83 Å². The van der Waals surface area contributed by atoms with Gasteiger partial charge in [0.2, 0.25) is 0 Å². The normalized spacial score (nSPS) is 12.4. The highest BCUT2D eigenvalue weighted by atomic mass is 79.9. The van der Waals surface area contributed by atoms with E-state index in [0.29, 0.717) is 6.42 Å². The van der Waals surface area contributed by atoms with Crippen LogP contribution in [0.4, 0.5) is 8.78 Å². The zero-order valence-electron chi connectivity index (χ0n) is 9.34. The largest absolute Gasteiger partial charge is 0.207 e. The molecular weight excluding hydrogens is 322 g/mol. The van der Waals surface area contributed by atoms with Gasteiger partial charge in [0.15, 0.2) is 0 Å². The summed E-state index contributed by atoms with van der Waals surface area (Å²) in [5.41, 5.74) is 1.89. The lowest BCUT2D eigenvalue weighted by Crippen LogP contribution is -1.96. The minimum Gasteiger partial charge on any atom is -0.207 e. The molecule has 0 N–H and O–H groups in total. The molecule has 0 nitrogen and oxygen atoms in total. The van der Waals surface area contributed by atoms with Gasteiger partial charge in [-0.3, -0.25) is 0 Å². The van der Waals surface area contributed by atoms with Crippen LogP contribution in [0.1, 0.15) is 16.0 Å². The van der Waals surface area contributed by atoms with Crippen LogP contribution in [-0.4, -0.2) is 0 Å². The number of hydrogen-bond donors (Lipinski definition) is 0. The maximum atomic E-state index is 13.0. The average molecular weight is 332 g/mol. The lowest BCUT2D eigenvalue weighted by molar-refractivity contribution is 0.626. The van der Waals surface area contributed by atoms with Gasteiger partial charge in [-0.25, -0.2) is 8.78 Å². The van der Waals surface area contributed by atoms with Crippen LogP contribution in [0.25, 0.3) is 0 Å². The van der Waals surface area contributed by atoms with Crippen LogP contribution in [0.5, 0.6) is 0 Å². The van der Waals surface area contributed by atoms with Gasteiger partial charge in [0.25, 0.3) is 0 Å². The minimum atomic E-state index is -0.429. The maximum Gasteiger partial charge on any atom is 0.141 e. The van der Waals surface area contributed by atoms with E-state index in [1.54, 1.807) is 24.3 Å². The van der Waals surface area contributed by atoms with E-state index in [-0.39, 0.29) is 15.7 Å². The van der Waals surface area contributed by atoms with Crippen LogP contribution in [0.2, 0.25) is 5.02 Å². The second kappa shape index (κ2) is 5.81. The van der Waals surface area contributed by atoms with Gasteiger partial charge < -0.3 is 0 Å². The van der Waals surface area contributed by atoms with Gasteiger partial charge in [-0.05, 0) is 41.8 Å². The van der Waals surface area contributed by atoms with Gasteiger partial charge >= 0.3 is 0 Å². The van der Waals surface area contributed by atoms with Crippen molar-refractivity contribution in [1.29, 1.82) is 0 Å². The standard InChI is InChI=1S/C14H10BrClF2/c15-12(7-9-1-4-11(17)5-2-9)10-3-6-14(18)13(16)8-10/h1-6,8,12H,7H2. The third-order valence-electron chi connectivity index (χ3n) is 2.63. The molecule has 18 heavy (non-hydrogen) atoms. The van der Waals surface area contributed by atoms with E-state index in [2.05, 4.69) is 15.9 Å². The number of alkyl halides is 1. The Balaban J connectivity index is 2.13. The van der Waals surface area contributed by atoms with E-state index < -0.39 is 5.82 Å². The van der Waals surface area contributed by atoms with Gasteiger partial charge in [0.1, 0.15) is 11.6 Å². The lowest BCUT2D eigenvalue weighted by atomic mass is 10.0. The van der Waals surface area contributed by atoms with Crippen LogP contribution in [-0.2, 0) is 6.42 Å². The molecule has 0 heterocycles. The molecule has 0 radical (unpaired) electrons. The highest BCUT2D eigenvalue weighted by Gasteiger charge is 2.10. The van der Waals surface area contributed by atoms with Crippen molar-refractivity contribution in [1.82, 2.24) is 0 Å². The summed E-state index contributed by atoms with van der Waals surface area (Å²) in [7, 11) is 0. The fraction of sp³-hybridized carbons (Fsp3) is 0.143. The predicted molar refractivity (Wildman–Crippen MR) is 73.2 cm³/mol. The van der Waals surface area contributed by atoms with Crippen LogP contribution < -0.4 is 0 Å². The van der Waals surface area contributed by atoms with Gasteiger partial charge in [-0.1, -0.05) is 45.7 Å². The predicted octanol–water partition coefficient (Wildman–Crippen LogP) is 5.30. The van der Waals surface area contributed by atoms with E-state index in [1.165, 1.54) is 18.2 Å². The molecule has 2 aromatic rings. The van der Waals surface area contributed by atoms with Crippen molar-refractivity contribution >= 4 is 27.5 Å². The molecule has 0 saturated heterocycles. The second-order valence-corrected chi connectivity index (χ2v) is 5.48. The second-order valence-electron chi connectivity index (χ2n) is 3.97. The highest BCUT2D eigenvalue weighted by molar-refractivity contribution is 9.09. The molecule has 4 heteroatoms. The molecule has 0 aliphatic rings. The molecule has 1 unspecified atom stereocenters. The zero-order chi connectivity index (χ0) is 13.1. The summed E-state index contributed by atoms with van der Waals surface area (Å²) < 4.78 is 25.8. The quantitative estimate of drug-likeness (QED) is 0.670. The van der Waals surface area contributed by atoms with Gasteiger partial charge in [-0.2, -0.15) is 0 Å². The van der Waals surface area contributed by atoms with Gasteiger partial charge in [0.05, 0.1) is 5.02 Å². The Kier molecular flexibility index (Phi) is 4.36. The van der Waals surface area contributed by atoms with Crippen LogP contribution in [0.3, 0.4) is 0 Å². The molecule has 0 aromatic heterocycles. The van der Waals surface area contributed by atoms with E-state index in [4.69, 9.17) is 11.6 Å². The molecule has 94 valence electrons. The van der Waals surface area contributed by atoms with E-state index >= 15 is 0 Å². The van der Waals surface area contributed by atoms with Crippen LogP contribution >= 0.6 is 27.5 Å². The fourth-order valence-electron chi connectivity index (χ4n) is 1.65. The van der Waals surface area contributed by atoms with Crippen LogP contribution in [0, 0.1) is 11.6 Å². The van der Waals surface area contributed by atoms with E-state index in [1.807, 2.05) is 0 Å². The smallest absolute Gasteiger partial charge is 0.141 e. The number of hydrogen-bond acceptors (Lipinski definition) is 0. The molecule has 0 spiro atoms. The minimum absolute atomic E-state index is 0.0149. The Morgan fingerprint density at radius 2 is 1.72 bits per heavy atom. The summed E-state index contributed by atoms with van der Waals surface area (Å²) >= 11 is 9.26. The number of halogens is 4. The molecule has 0 aliphatic heterocycles. The summed E-state index contributed by atoms with van der Waals surface area (Å²) in [6, 6.07) is 10.9. The Bertz CT molecular complexity index is 540. The molecule has 1 atom stereocenters. The Hall–Kier alpha value is -0.930. The third kappa shape index (κ3) is 3.30. The van der Waals surface area contributed by atoms with Crippen molar-refractivity contribution in [2.45, 2.75) is 11.2 Å². The maximum absolute atomic E-state index is 13.0. The molecule has 0 fully saturated rings. The first-order chi connectivity index (χ1) is 8.56. The molecule has 2 aromatic carbocycles. The Morgan fingerprint density at radius 3 is 2.33 bits per heavy atom. The molecule has 0 amide bonds. The van der Waals surface area contributed by atoms with Crippen LogP contribution in [0.15, 0.2) is 42.5 Å². The third-order valence-corrected chi connectivity index (χ3v) is 3.78. The number of benzene rings is 2. The first kappa shape index (κ1) is 13.5. The average Bonchev–Trinajstić information content (AvgIpc) is 2.35. The first-order valence-electron chi connectivity index (χ1n) is 5.40. The van der Waals surface area contributed by atoms with E-state index in [9.17, 15) is 8.78 Å². The van der Waals surface area contributed by atoms with Crippen molar-refractivity contribution in [2.24, 2.45) is 0 Å². The zero-order valence-corrected chi connectivity index (χ0v) is 11.7. The first-order valence-corrected chi connectivity index (χ1v) is 6.69. The summed E-state index contributed by atoms with van der Waals surface area (Å²) in [6.07, 6.45) is 0.683. The van der Waals surface area contributed by atoms with Crippen molar-refractivity contribution in [2.75, 3.05) is 0 Å². The Labute approximate surface area is 118 Å². The lowest BCUT2D eigenvalue weighted by Gasteiger charge is -2.11. The summed E-state index contributed by atoms with van der Waals surface area (Å²) in [4.78, 5) is 0.0149. The highest BCUT2D eigenvalue weighted by Crippen LogP contribution is 2.29.